The Labute approximate surface area is 103 Å². The van der Waals surface area contributed by atoms with Gasteiger partial charge in [-0.25, -0.2) is 0 Å². The van der Waals surface area contributed by atoms with Gasteiger partial charge in [-0.1, -0.05) is 26.7 Å². The van der Waals surface area contributed by atoms with Crippen LogP contribution in [0.4, 0.5) is 0 Å². The first-order chi connectivity index (χ1) is 8.04. The van der Waals surface area contributed by atoms with Crippen LogP contribution in [0.25, 0.3) is 0 Å². The molecule has 2 aliphatic rings. The molecule has 0 aromatic rings. The van der Waals surface area contributed by atoms with E-state index in [1.54, 1.807) is 4.90 Å². The summed E-state index contributed by atoms with van der Waals surface area (Å²) >= 11 is 0. The van der Waals surface area contributed by atoms with Gasteiger partial charge in [-0.2, -0.15) is 0 Å². The van der Waals surface area contributed by atoms with Crippen LogP contribution in [0.5, 0.6) is 0 Å². The van der Waals surface area contributed by atoms with Crippen LogP contribution in [0.3, 0.4) is 0 Å². The molecule has 96 valence electrons. The molecule has 1 N–H and O–H groups in total. The highest BCUT2D eigenvalue weighted by Crippen LogP contribution is 2.38. The highest BCUT2D eigenvalue weighted by Gasteiger charge is 2.37. The van der Waals surface area contributed by atoms with Crippen molar-refractivity contribution >= 4 is 11.8 Å². The van der Waals surface area contributed by atoms with Crippen LogP contribution in [0, 0.1) is 5.41 Å². The Hall–Kier alpha value is -1.06. The molecule has 1 aliphatic heterocycles. The van der Waals surface area contributed by atoms with E-state index in [-0.39, 0.29) is 29.8 Å². The third kappa shape index (κ3) is 2.61. The monoisotopic (exact) mass is 238 g/mol. The normalized spacial score (nSPS) is 28.4. The van der Waals surface area contributed by atoms with E-state index < -0.39 is 0 Å². The van der Waals surface area contributed by atoms with E-state index in [2.05, 4.69) is 12.2 Å². The Morgan fingerprint density at radius 1 is 1.35 bits per heavy atom. The first-order valence-corrected chi connectivity index (χ1v) is 6.62. The first-order valence-electron chi connectivity index (χ1n) is 6.62. The number of carbonyl (C=O) groups excluding carboxylic acids is 2. The van der Waals surface area contributed by atoms with Crippen molar-refractivity contribution < 1.29 is 9.59 Å². The lowest BCUT2D eigenvalue weighted by Crippen LogP contribution is -2.59. The lowest BCUT2D eigenvalue weighted by Gasteiger charge is -2.37. The van der Waals surface area contributed by atoms with Crippen LogP contribution in [0.15, 0.2) is 0 Å². The third-order valence-corrected chi connectivity index (χ3v) is 4.07. The maximum Gasteiger partial charge on any atom is 0.245 e. The van der Waals surface area contributed by atoms with Gasteiger partial charge in [0.15, 0.2) is 0 Å². The lowest BCUT2D eigenvalue weighted by atomic mass is 9.87. The van der Waals surface area contributed by atoms with Crippen molar-refractivity contribution in [2.75, 3.05) is 13.1 Å². The Morgan fingerprint density at radius 2 is 2.00 bits per heavy atom. The molecule has 1 saturated heterocycles. The molecule has 4 heteroatoms. The molecule has 0 aromatic carbocycles. The zero-order valence-electron chi connectivity index (χ0n) is 10.8. The Kier molecular flexibility index (Phi) is 3.40. The van der Waals surface area contributed by atoms with Crippen molar-refractivity contribution in [3.63, 3.8) is 0 Å². The summed E-state index contributed by atoms with van der Waals surface area (Å²) in [5.74, 6) is 0.0817. The number of hydrogen-bond donors (Lipinski definition) is 1. The number of rotatable bonds is 3. The molecule has 0 spiro atoms. The predicted molar refractivity (Wildman–Crippen MR) is 65.4 cm³/mol. The van der Waals surface area contributed by atoms with Crippen LogP contribution < -0.4 is 5.32 Å². The molecule has 2 amide bonds. The van der Waals surface area contributed by atoms with Gasteiger partial charge in [-0.3, -0.25) is 9.59 Å². The van der Waals surface area contributed by atoms with Gasteiger partial charge in [0.1, 0.15) is 6.04 Å². The van der Waals surface area contributed by atoms with Gasteiger partial charge in [0, 0.05) is 6.54 Å². The second kappa shape index (κ2) is 4.67. The Morgan fingerprint density at radius 3 is 2.59 bits per heavy atom. The van der Waals surface area contributed by atoms with Gasteiger partial charge in [-0.05, 0) is 24.7 Å². The van der Waals surface area contributed by atoms with Crippen molar-refractivity contribution in [3.05, 3.63) is 0 Å². The van der Waals surface area contributed by atoms with Crippen LogP contribution in [0.2, 0.25) is 0 Å². The van der Waals surface area contributed by atoms with Crippen molar-refractivity contribution in [2.24, 2.45) is 5.41 Å². The quantitative estimate of drug-likeness (QED) is 0.805. The van der Waals surface area contributed by atoms with E-state index in [0.717, 1.165) is 6.54 Å². The summed E-state index contributed by atoms with van der Waals surface area (Å²) in [6.07, 6.45) is 5.53. The molecule has 1 heterocycles. The molecule has 0 radical (unpaired) electrons. The smallest absolute Gasteiger partial charge is 0.245 e. The standard InChI is InChI=1S/C13H22N2O2/c1-3-10-12(17)15(8-11(16)14-10)9-13(2)6-4-5-7-13/h10H,3-9H2,1-2H3,(H,14,16). The SMILES string of the molecule is CCC1NC(=O)CN(CC2(C)CCCC2)C1=O. The molecular formula is C13H22N2O2. The van der Waals surface area contributed by atoms with Crippen LogP contribution in [-0.2, 0) is 9.59 Å². The molecule has 1 atom stereocenters. The Balaban J connectivity index is 2.03. The largest absolute Gasteiger partial charge is 0.343 e. The summed E-state index contributed by atoms with van der Waals surface area (Å²) < 4.78 is 0. The number of nitrogens with one attached hydrogen (secondary N) is 1. The summed E-state index contributed by atoms with van der Waals surface area (Å²) in [7, 11) is 0. The fourth-order valence-electron chi connectivity index (χ4n) is 3.03. The minimum Gasteiger partial charge on any atom is -0.343 e. The summed E-state index contributed by atoms with van der Waals surface area (Å²) in [6, 6.07) is -0.304. The second-order valence-electron chi connectivity index (χ2n) is 5.74. The third-order valence-electron chi connectivity index (χ3n) is 4.07. The summed E-state index contributed by atoms with van der Waals surface area (Å²) in [5.41, 5.74) is 0.228. The van der Waals surface area contributed by atoms with Crippen molar-refractivity contribution in [1.82, 2.24) is 10.2 Å². The number of nitrogens with zero attached hydrogens (tertiary/aromatic N) is 1. The van der Waals surface area contributed by atoms with E-state index in [9.17, 15) is 9.59 Å². The average Bonchev–Trinajstić information content (AvgIpc) is 2.70. The van der Waals surface area contributed by atoms with Crippen LogP contribution >= 0.6 is 0 Å². The minimum absolute atomic E-state index is 0.0157. The summed E-state index contributed by atoms with van der Waals surface area (Å²) in [4.78, 5) is 25.5. The van der Waals surface area contributed by atoms with Crippen LogP contribution in [-0.4, -0.2) is 35.8 Å². The fourth-order valence-corrected chi connectivity index (χ4v) is 3.03. The molecule has 1 aliphatic carbocycles. The first kappa shape index (κ1) is 12.4. The van der Waals surface area contributed by atoms with E-state index in [4.69, 9.17) is 0 Å². The van der Waals surface area contributed by atoms with E-state index >= 15 is 0 Å². The number of carbonyl (C=O) groups is 2. The van der Waals surface area contributed by atoms with Gasteiger partial charge in [-0.15, -0.1) is 0 Å². The molecular weight excluding hydrogens is 216 g/mol. The molecule has 2 fully saturated rings. The van der Waals surface area contributed by atoms with Gasteiger partial charge in [0.25, 0.3) is 0 Å². The highest BCUT2D eigenvalue weighted by molar-refractivity contribution is 5.94. The lowest BCUT2D eigenvalue weighted by molar-refractivity contribution is -0.145. The number of piperazine rings is 1. The summed E-state index contributed by atoms with van der Waals surface area (Å²) in [5, 5.41) is 2.75. The average molecular weight is 238 g/mol. The number of hydrogen-bond acceptors (Lipinski definition) is 2. The van der Waals surface area contributed by atoms with E-state index in [1.165, 1.54) is 25.7 Å². The van der Waals surface area contributed by atoms with Crippen molar-refractivity contribution in [1.29, 1.82) is 0 Å². The van der Waals surface area contributed by atoms with Gasteiger partial charge in [0.05, 0.1) is 6.54 Å². The second-order valence-corrected chi connectivity index (χ2v) is 5.74. The fraction of sp³-hybridized carbons (Fsp3) is 0.846. The number of amides is 2. The maximum atomic E-state index is 12.1. The van der Waals surface area contributed by atoms with Crippen molar-refractivity contribution in [3.8, 4) is 0 Å². The molecule has 1 saturated carbocycles. The minimum atomic E-state index is -0.304. The molecule has 1 unspecified atom stereocenters. The predicted octanol–water partition coefficient (Wildman–Crippen LogP) is 1.30. The molecule has 17 heavy (non-hydrogen) atoms. The topological polar surface area (TPSA) is 49.4 Å². The zero-order valence-corrected chi connectivity index (χ0v) is 10.8. The molecule has 4 nitrogen and oxygen atoms in total. The van der Waals surface area contributed by atoms with Gasteiger partial charge in [0.2, 0.25) is 11.8 Å². The van der Waals surface area contributed by atoms with Crippen LogP contribution in [0.1, 0.15) is 46.0 Å². The molecule has 0 bridgehead atoms. The molecule has 0 aromatic heterocycles. The molecule has 2 rings (SSSR count). The highest BCUT2D eigenvalue weighted by atomic mass is 16.2. The van der Waals surface area contributed by atoms with E-state index in [1.807, 2.05) is 6.92 Å². The zero-order chi connectivity index (χ0) is 12.5. The van der Waals surface area contributed by atoms with Crippen molar-refractivity contribution in [2.45, 2.75) is 52.0 Å². The van der Waals surface area contributed by atoms with E-state index in [0.29, 0.717) is 6.42 Å². The Bertz CT molecular complexity index is 321. The van der Waals surface area contributed by atoms with Gasteiger partial charge >= 0.3 is 0 Å². The maximum absolute atomic E-state index is 12.1. The van der Waals surface area contributed by atoms with Gasteiger partial charge < -0.3 is 10.2 Å². The summed E-state index contributed by atoms with van der Waals surface area (Å²) in [6.45, 7) is 5.16.